The number of benzene rings is 1. The molecule has 1 aliphatic rings. The van der Waals surface area contributed by atoms with Crippen LogP contribution < -0.4 is 4.74 Å². The number of aromatic amines is 1. The molecule has 2 aromatic rings. The van der Waals surface area contributed by atoms with Crippen LogP contribution in [0.5, 0.6) is 5.75 Å². The Labute approximate surface area is 151 Å². The maximum atomic E-state index is 10.2. The van der Waals surface area contributed by atoms with Crippen LogP contribution in [0, 0.1) is 0 Å². The number of aliphatic hydroxyl groups is 4. The van der Waals surface area contributed by atoms with Crippen LogP contribution in [0.25, 0.3) is 10.9 Å². The van der Waals surface area contributed by atoms with Crippen molar-refractivity contribution in [2.45, 2.75) is 37.1 Å². The Kier molecular flexibility index (Phi) is 5.81. The maximum Gasteiger partial charge on any atom is 0.229 e. The monoisotopic (exact) mass is 366 g/mol. The number of nitrogens with one attached hydrogen (secondary N) is 1. The van der Waals surface area contributed by atoms with Gasteiger partial charge in [0.2, 0.25) is 6.29 Å². The number of aromatic nitrogens is 1. The molecule has 8 heteroatoms. The SMILES string of the molecule is CN(C)CCc1c[nH]c2cccc(O[C@@H]3O[C@H](CO)[C@@H](O)[C@H](O)[C@H]3O)c12. The van der Waals surface area contributed by atoms with Gasteiger partial charge in [-0.15, -0.1) is 0 Å². The van der Waals surface area contributed by atoms with Crippen molar-refractivity contribution in [3.63, 3.8) is 0 Å². The Morgan fingerprint density at radius 1 is 1.15 bits per heavy atom. The van der Waals surface area contributed by atoms with Crippen molar-refractivity contribution in [2.75, 3.05) is 27.2 Å². The van der Waals surface area contributed by atoms with E-state index in [2.05, 4.69) is 9.88 Å². The van der Waals surface area contributed by atoms with E-state index in [1.54, 1.807) is 6.07 Å². The molecule has 1 aliphatic heterocycles. The molecule has 0 spiro atoms. The largest absolute Gasteiger partial charge is 0.461 e. The van der Waals surface area contributed by atoms with Gasteiger partial charge in [-0.3, -0.25) is 0 Å². The van der Waals surface area contributed by atoms with Gasteiger partial charge in [-0.05, 0) is 38.2 Å². The molecule has 26 heavy (non-hydrogen) atoms. The minimum Gasteiger partial charge on any atom is -0.461 e. The van der Waals surface area contributed by atoms with Crippen LogP contribution in [0.2, 0.25) is 0 Å². The van der Waals surface area contributed by atoms with Crippen LogP contribution in [0.4, 0.5) is 0 Å². The molecule has 0 bridgehead atoms. The number of rotatable bonds is 6. The van der Waals surface area contributed by atoms with E-state index < -0.39 is 37.3 Å². The Bertz CT molecular complexity index is 732. The van der Waals surface area contributed by atoms with Crippen LogP contribution in [-0.4, -0.2) is 88.3 Å². The molecular weight excluding hydrogens is 340 g/mol. The number of nitrogens with zero attached hydrogens (tertiary/aromatic N) is 1. The van der Waals surface area contributed by atoms with Gasteiger partial charge < -0.3 is 39.8 Å². The Morgan fingerprint density at radius 3 is 2.62 bits per heavy atom. The fourth-order valence-electron chi connectivity index (χ4n) is 3.15. The van der Waals surface area contributed by atoms with Crippen molar-refractivity contribution in [2.24, 2.45) is 0 Å². The molecule has 0 aliphatic carbocycles. The molecule has 1 saturated heterocycles. The second-order valence-electron chi connectivity index (χ2n) is 6.86. The third-order valence-electron chi connectivity index (χ3n) is 4.67. The molecule has 1 aromatic carbocycles. The fourth-order valence-corrected chi connectivity index (χ4v) is 3.15. The van der Waals surface area contributed by atoms with Crippen LogP contribution >= 0.6 is 0 Å². The number of hydrogen-bond acceptors (Lipinski definition) is 7. The topological polar surface area (TPSA) is 118 Å². The molecule has 0 amide bonds. The van der Waals surface area contributed by atoms with E-state index in [0.717, 1.165) is 29.4 Å². The van der Waals surface area contributed by atoms with E-state index in [9.17, 15) is 20.4 Å². The lowest BCUT2D eigenvalue weighted by Crippen LogP contribution is -2.60. The molecule has 1 fully saturated rings. The van der Waals surface area contributed by atoms with Crippen molar-refractivity contribution >= 4 is 10.9 Å². The lowest BCUT2D eigenvalue weighted by molar-refractivity contribution is -0.277. The first-order valence-electron chi connectivity index (χ1n) is 8.63. The average Bonchev–Trinajstić information content (AvgIpc) is 3.04. The molecule has 0 unspecified atom stereocenters. The van der Waals surface area contributed by atoms with Gasteiger partial charge >= 0.3 is 0 Å². The summed E-state index contributed by atoms with van der Waals surface area (Å²) in [7, 11) is 4.00. The molecule has 0 radical (unpaired) electrons. The van der Waals surface area contributed by atoms with Gasteiger partial charge in [0, 0.05) is 23.6 Å². The minimum atomic E-state index is -1.47. The van der Waals surface area contributed by atoms with Crippen molar-refractivity contribution in [3.8, 4) is 5.75 Å². The lowest BCUT2D eigenvalue weighted by Gasteiger charge is -2.39. The fraction of sp³-hybridized carbons (Fsp3) is 0.556. The van der Waals surface area contributed by atoms with Gasteiger partial charge in [-0.2, -0.15) is 0 Å². The summed E-state index contributed by atoms with van der Waals surface area (Å²) in [5.74, 6) is 0.502. The van der Waals surface area contributed by atoms with E-state index in [1.807, 2.05) is 32.4 Å². The van der Waals surface area contributed by atoms with Crippen molar-refractivity contribution < 1.29 is 29.9 Å². The highest BCUT2D eigenvalue weighted by atomic mass is 16.7. The smallest absolute Gasteiger partial charge is 0.229 e. The van der Waals surface area contributed by atoms with E-state index in [1.165, 1.54) is 0 Å². The Morgan fingerprint density at radius 2 is 1.92 bits per heavy atom. The zero-order valence-electron chi connectivity index (χ0n) is 14.9. The number of aliphatic hydroxyl groups excluding tert-OH is 4. The first-order chi connectivity index (χ1) is 12.4. The summed E-state index contributed by atoms with van der Waals surface area (Å²) in [6.07, 6.45) is -3.79. The predicted octanol–water partition coefficient (Wildman–Crippen LogP) is -0.549. The zero-order chi connectivity index (χ0) is 18.8. The molecule has 8 nitrogen and oxygen atoms in total. The molecule has 5 atom stereocenters. The second-order valence-corrected chi connectivity index (χ2v) is 6.86. The minimum absolute atomic E-state index is 0.493. The molecule has 3 rings (SSSR count). The van der Waals surface area contributed by atoms with Gasteiger partial charge in [-0.25, -0.2) is 0 Å². The first kappa shape index (κ1) is 19.1. The van der Waals surface area contributed by atoms with Crippen LogP contribution in [0.3, 0.4) is 0 Å². The second kappa shape index (κ2) is 7.91. The summed E-state index contributed by atoms with van der Waals surface area (Å²) in [6, 6.07) is 5.50. The molecule has 2 heterocycles. The van der Waals surface area contributed by atoms with Gasteiger partial charge in [0.05, 0.1) is 6.61 Å². The summed E-state index contributed by atoms with van der Waals surface area (Å²) in [4.78, 5) is 5.29. The Hall–Kier alpha value is -1.68. The third-order valence-corrected chi connectivity index (χ3v) is 4.67. The summed E-state index contributed by atoms with van der Waals surface area (Å²) in [5, 5.41) is 40.2. The highest BCUT2D eigenvalue weighted by molar-refractivity contribution is 5.89. The lowest BCUT2D eigenvalue weighted by atomic mass is 9.99. The summed E-state index contributed by atoms with van der Waals surface area (Å²) >= 11 is 0. The average molecular weight is 366 g/mol. The number of H-pyrrole nitrogens is 1. The van der Waals surface area contributed by atoms with Crippen molar-refractivity contribution in [3.05, 3.63) is 30.0 Å². The molecule has 1 aromatic heterocycles. The van der Waals surface area contributed by atoms with Gasteiger partial charge in [-0.1, -0.05) is 6.07 Å². The van der Waals surface area contributed by atoms with Crippen molar-refractivity contribution in [1.82, 2.24) is 9.88 Å². The van der Waals surface area contributed by atoms with E-state index in [0.29, 0.717) is 5.75 Å². The number of ether oxygens (including phenoxy) is 2. The van der Waals surface area contributed by atoms with Gasteiger partial charge in [0.25, 0.3) is 0 Å². The molecule has 5 N–H and O–H groups in total. The number of likely N-dealkylation sites (N-methyl/N-ethyl adjacent to an activating group) is 1. The van der Waals surface area contributed by atoms with Crippen LogP contribution in [-0.2, 0) is 11.2 Å². The third kappa shape index (κ3) is 3.71. The maximum absolute atomic E-state index is 10.2. The Balaban J connectivity index is 1.87. The van der Waals surface area contributed by atoms with Crippen LogP contribution in [0.1, 0.15) is 5.56 Å². The normalized spacial score (nSPS) is 29.4. The van der Waals surface area contributed by atoms with Crippen LogP contribution in [0.15, 0.2) is 24.4 Å². The molecule has 0 saturated carbocycles. The standard InChI is InChI=1S/C18H26N2O6/c1-20(2)7-6-10-8-19-11-4-3-5-12(14(10)11)25-18-17(24)16(23)15(22)13(9-21)26-18/h3-5,8,13,15-19,21-24H,6-7,9H2,1-2H3/t13-,15-,16+,17-,18-/m1/s1. The molecular formula is C18H26N2O6. The zero-order valence-corrected chi connectivity index (χ0v) is 14.9. The summed E-state index contributed by atoms with van der Waals surface area (Å²) in [6.45, 7) is 0.370. The predicted molar refractivity (Wildman–Crippen MR) is 95.0 cm³/mol. The highest BCUT2D eigenvalue weighted by Gasteiger charge is 2.44. The van der Waals surface area contributed by atoms with E-state index in [4.69, 9.17) is 9.47 Å². The van der Waals surface area contributed by atoms with E-state index in [-0.39, 0.29) is 0 Å². The summed E-state index contributed by atoms with van der Waals surface area (Å²) in [5.41, 5.74) is 1.95. The van der Waals surface area contributed by atoms with E-state index >= 15 is 0 Å². The first-order valence-corrected chi connectivity index (χ1v) is 8.63. The highest BCUT2D eigenvalue weighted by Crippen LogP contribution is 2.32. The molecule has 144 valence electrons. The van der Waals surface area contributed by atoms with Gasteiger partial charge in [0.1, 0.15) is 30.2 Å². The van der Waals surface area contributed by atoms with Crippen molar-refractivity contribution in [1.29, 1.82) is 0 Å². The van der Waals surface area contributed by atoms with Gasteiger partial charge in [0.15, 0.2) is 0 Å². The number of hydrogen-bond donors (Lipinski definition) is 5. The quantitative estimate of drug-likeness (QED) is 0.465. The number of fused-ring (bicyclic) bond motifs is 1. The summed E-state index contributed by atoms with van der Waals surface area (Å²) < 4.78 is 11.3.